The van der Waals surface area contributed by atoms with Gasteiger partial charge in [-0.1, -0.05) is 30.0 Å². The van der Waals surface area contributed by atoms with Crippen molar-refractivity contribution in [3.05, 3.63) is 41.5 Å². The molecule has 0 heterocycles. The molecule has 0 aliphatic heterocycles. The molecular weight excluding hydrogens is 212 g/mol. The molecule has 0 fully saturated rings. The van der Waals surface area contributed by atoms with Crippen LogP contribution in [0.15, 0.2) is 30.3 Å². The summed E-state index contributed by atoms with van der Waals surface area (Å²) in [4.78, 5) is 10.4. The highest BCUT2D eigenvalue weighted by molar-refractivity contribution is 6.19. The lowest BCUT2D eigenvalue weighted by Crippen LogP contribution is -1.87. The molecule has 1 aromatic rings. The van der Waals surface area contributed by atoms with Crippen LogP contribution >= 0.6 is 11.6 Å². The number of hydrogen-bond acceptors (Lipinski definition) is 1. The quantitative estimate of drug-likeness (QED) is 0.472. The number of carboxylic acid groups (broad SMARTS) is 1. The van der Waals surface area contributed by atoms with Crippen LogP contribution in [0, 0.1) is 11.8 Å². The molecule has 1 rings (SSSR count). The van der Waals surface area contributed by atoms with Gasteiger partial charge in [-0.15, -0.1) is 11.6 Å². The summed E-state index contributed by atoms with van der Waals surface area (Å²) in [5.41, 5.74) is 1.55. The fourth-order valence-corrected chi connectivity index (χ4v) is 1.11. The van der Waals surface area contributed by atoms with Crippen LogP contribution in [0.5, 0.6) is 0 Å². The van der Waals surface area contributed by atoms with Crippen LogP contribution in [-0.4, -0.2) is 17.0 Å². The van der Waals surface area contributed by atoms with Gasteiger partial charge in [-0.3, -0.25) is 0 Å². The van der Waals surface area contributed by atoms with Crippen molar-refractivity contribution in [3.8, 4) is 11.8 Å². The Morgan fingerprint density at radius 2 is 2.20 bits per heavy atom. The second-order valence-electron chi connectivity index (χ2n) is 2.69. The standard InChI is InChI=1S/C12H9ClO2/c13-9-3-6-10-4-1-2-5-11(10)7-8-12(14)15/h1-2,4-5,7-8H,9H2,(H,14,15)/b8-7+. The van der Waals surface area contributed by atoms with Crippen molar-refractivity contribution in [2.45, 2.75) is 0 Å². The van der Waals surface area contributed by atoms with Crippen LogP contribution in [0.25, 0.3) is 6.08 Å². The third-order valence-corrected chi connectivity index (χ3v) is 1.79. The van der Waals surface area contributed by atoms with E-state index in [2.05, 4.69) is 11.8 Å². The Bertz CT molecular complexity index is 438. The van der Waals surface area contributed by atoms with Gasteiger partial charge in [0, 0.05) is 11.6 Å². The minimum absolute atomic E-state index is 0.261. The molecule has 0 aliphatic rings. The van der Waals surface area contributed by atoms with E-state index in [4.69, 9.17) is 16.7 Å². The summed E-state index contributed by atoms with van der Waals surface area (Å²) in [5.74, 6) is 4.87. The maximum Gasteiger partial charge on any atom is 0.328 e. The number of carbonyl (C=O) groups is 1. The number of halogens is 1. The van der Waals surface area contributed by atoms with Crippen LogP contribution in [0.2, 0.25) is 0 Å². The highest BCUT2D eigenvalue weighted by Crippen LogP contribution is 2.09. The first kappa shape index (κ1) is 11.4. The van der Waals surface area contributed by atoms with Gasteiger partial charge < -0.3 is 5.11 Å². The predicted octanol–water partition coefficient (Wildman–Crippen LogP) is 2.37. The lowest BCUT2D eigenvalue weighted by atomic mass is 10.1. The Hall–Kier alpha value is -1.72. The van der Waals surface area contributed by atoms with E-state index in [-0.39, 0.29) is 5.88 Å². The molecule has 0 unspecified atom stereocenters. The molecule has 0 spiro atoms. The maximum atomic E-state index is 10.4. The zero-order valence-corrected chi connectivity index (χ0v) is 8.66. The first-order valence-corrected chi connectivity index (χ1v) is 4.82. The number of aliphatic carboxylic acids is 1. The van der Waals surface area contributed by atoms with Crippen molar-refractivity contribution in [2.24, 2.45) is 0 Å². The average molecular weight is 221 g/mol. The van der Waals surface area contributed by atoms with Crippen LogP contribution in [-0.2, 0) is 4.79 Å². The van der Waals surface area contributed by atoms with Crippen LogP contribution in [0.1, 0.15) is 11.1 Å². The molecule has 0 saturated carbocycles. The molecule has 0 saturated heterocycles. The smallest absolute Gasteiger partial charge is 0.328 e. The highest BCUT2D eigenvalue weighted by atomic mass is 35.5. The van der Waals surface area contributed by atoms with Gasteiger partial charge in [0.25, 0.3) is 0 Å². The normalized spacial score (nSPS) is 9.67. The predicted molar refractivity (Wildman–Crippen MR) is 60.7 cm³/mol. The van der Waals surface area contributed by atoms with Gasteiger partial charge >= 0.3 is 5.97 Å². The highest BCUT2D eigenvalue weighted by Gasteiger charge is 1.95. The van der Waals surface area contributed by atoms with Crippen molar-refractivity contribution < 1.29 is 9.90 Å². The van der Waals surface area contributed by atoms with E-state index in [9.17, 15) is 4.79 Å². The lowest BCUT2D eigenvalue weighted by molar-refractivity contribution is -0.131. The molecule has 0 aromatic heterocycles. The van der Waals surface area contributed by atoms with Crippen LogP contribution in [0.3, 0.4) is 0 Å². The summed E-state index contributed by atoms with van der Waals surface area (Å²) in [6.45, 7) is 0. The van der Waals surface area contributed by atoms with Crippen LogP contribution < -0.4 is 0 Å². The number of rotatable bonds is 2. The molecule has 0 aliphatic carbocycles. The van der Waals surface area contributed by atoms with Gasteiger partial charge in [0.05, 0.1) is 5.88 Å². The summed E-state index contributed by atoms with van der Waals surface area (Å²) in [5, 5.41) is 8.50. The topological polar surface area (TPSA) is 37.3 Å². The number of alkyl halides is 1. The molecule has 0 atom stereocenters. The Morgan fingerprint density at radius 1 is 1.47 bits per heavy atom. The second kappa shape index (κ2) is 5.90. The Labute approximate surface area is 93.2 Å². The molecular formula is C12H9ClO2. The first-order chi connectivity index (χ1) is 7.24. The molecule has 3 heteroatoms. The number of carboxylic acids is 1. The number of benzene rings is 1. The Balaban J connectivity index is 3.01. The third-order valence-electron chi connectivity index (χ3n) is 1.66. The summed E-state index contributed by atoms with van der Waals surface area (Å²) in [6.07, 6.45) is 2.60. The molecule has 76 valence electrons. The van der Waals surface area contributed by atoms with Gasteiger partial charge in [0.15, 0.2) is 0 Å². The summed E-state index contributed by atoms with van der Waals surface area (Å²) in [7, 11) is 0. The van der Waals surface area contributed by atoms with E-state index in [1.165, 1.54) is 6.08 Å². The van der Waals surface area contributed by atoms with Gasteiger partial charge in [-0.2, -0.15) is 0 Å². The summed E-state index contributed by atoms with van der Waals surface area (Å²) < 4.78 is 0. The van der Waals surface area contributed by atoms with E-state index in [1.54, 1.807) is 6.07 Å². The van der Waals surface area contributed by atoms with Crippen molar-refractivity contribution in [2.75, 3.05) is 5.88 Å². The van der Waals surface area contributed by atoms with E-state index >= 15 is 0 Å². The van der Waals surface area contributed by atoms with Crippen molar-refractivity contribution in [1.29, 1.82) is 0 Å². The van der Waals surface area contributed by atoms with E-state index < -0.39 is 5.97 Å². The molecule has 15 heavy (non-hydrogen) atoms. The van der Waals surface area contributed by atoms with E-state index in [1.807, 2.05) is 18.2 Å². The lowest BCUT2D eigenvalue weighted by Gasteiger charge is -1.96. The largest absolute Gasteiger partial charge is 0.478 e. The molecule has 1 N–H and O–H groups in total. The molecule has 0 radical (unpaired) electrons. The Morgan fingerprint density at radius 3 is 2.87 bits per heavy atom. The molecule has 0 bridgehead atoms. The monoisotopic (exact) mass is 220 g/mol. The zero-order valence-electron chi connectivity index (χ0n) is 7.90. The molecule has 2 nitrogen and oxygen atoms in total. The molecule has 0 amide bonds. The van der Waals surface area contributed by atoms with Crippen molar-refractivity contribution in [3.63, 3.8) is 0 Å². The van der Waals surface area contributed by atoms with Crippen molar-refractivity contribution >= 4 is 23.6 Å². The minimum atomic E-state index is -0.977. The maximum absolute atomic E-state index is 10.4. The fraction of sp³-hybridized carbons (Fsp3) is 0.0833. The van der Waals surface area contributed by atoms with Gasteiger partial charge in [-0.25, -0.2) is 4.79 Å². The minimum Gasteiger partial charge on any atom is -0.478 e. The van der Waals surface area contributed by atoms with Crippen LogP contribution in [0.4, 0.5) is 0 Å². The second-order valence-corrected chi connectivity index (χ2v) is 2.96. The Kier molecular flexibility index (Phi) is 4.46. The van der Waals surface area contributed by atoms with Crippen molar-refractivity contribution in [1.82, 2.24) is 0 Å². The van der Waals surface area contributed by atoms with E-state index in [0.717, 1.165) is 17.2 Å². The first-order valence-electron chi connectivity index (χ1n) is 4.29. The van der Waals surface area contributed by atoms with Gasteiger partial charge in [0.2, 0.25) is 0 Å². The fourth-order valence-electron chi connectivity index (χ4n) is 1.05. The summed E-state index contributed by atoms with van der Waals surface area (Å²) in [6, 6.07) is 7.29. The van der Waals surface area contributed by atoms with Gasteiger partial charge in [0.1, 0.15) is 0 Å². The summed E-state index contributed by atoms with van der Waals surface area (Å²) >= 11 is 5.45. The number of hydrogen-bond donors (Lipinski definition) is 1. The van der Waals surface area contributed by atoms with Gasteiger partial charge in [-0.05, 0) is 17.7 Å². The van der Waals surface area contributed by atoms with E-state index in [0.29, 0.717) is 0 Å². The molecule has 1 aromatic carbocycles. The SMILES string of the molecule is O=C(O)/C=C/c1ccccc1C#CCCl. The average Bonchev–Trinajstić information content (AvgIpc) is 2.24. The third kappa shape index (κ3) is 3.88. The zero-order chi connectivity index (χ0) is 11.1.